The van der Waals surface area contributed by atoms with Gasteiger partial charge in [0.2, 0.25) is 5.95 Å². The van der Waals surface area contributed by atoms with E-state index in [1.807, 2.05) is 0 Å². The van der Waals surface area contributed by atoms with Crippen LogP contribution < -0.4 is 0 Å². The molecule has 0 spiro atoms. The second-order valence-corrected chi connectivity index (χ2v) is 4.00. The van der Waals surface area contributed by atoms with E-state index in [-0.39, 0.29) is 0 Å². The molecule has 0 aliphatic heterocycles. The third-order valence-electron chi connectivity index (χ3n) is 2.53. The van der Waals surface area contributed by atoms with E-state index < -0.39 is 5.97 Å². The number of ether oxygens (including phenoxy) is 2. The summed E-state index contributed by atoms with van der Waals surface area (Å²) in [5, 5.41) is 4.30. The molecule has 7 heteroatoms. The first-order chi connectivity index (χ1) is 10.3. The van der Waals surface area contributed by atoms with Crippen molar-refractivity contribution in [1.82, 2.24) is 19.7 Å². The second-order valence-electron chi connectivity index (χ2n) is 4.00. The van der Waals surface area contributed by atoms with Crippen molar-refractivity contribution in [2.75, 3.05) is 20.3 Å². The minimum Gasteiger partial charge on any atom is -0.462 e. The number of methoxy groups -OCH3 is 1. The highest BCUT2D eigenvalue weighted by molar-refractivity contribution is 5.92. The van der Waals surface area contributed by atoms with Crippen LogP contribution in [0.25, 0.3) is 12.0 Å². The molecule has 0 aliphatic carbocycles. The molecule has 0 fully saturated rings. The van der Waals surface area contributed by atoms with Gasteiger partial charge in [-0.15, -0.1) is 0 Å². The summed E-state index contributed by atoms with van der Waals surface area (Å²) in [6.45, 7) is 2.48. The normalized spacial score (nSPS) is 11.0. The van der Waals surface area contributed by atoms with Crippen molar-refractivity contribution < 1.29 is 14.3 Å². The largest absolute Gasteiger partial charge is 0.462 e. The van der Waals surface area contributed by atoms with Gasteiger partial charge in [-0.25, -0.2) is 19.4 Å². The Labute approximate surface area is 122 Å². The van der Waals surface area contributed by atoms with Crippen molar-refractivity contribution in [1.29, 1.82) is 0 Å². The van der Waals surface area contributed by atoms with Crippen molar-refractivity contribution in [2.24, 2.45) is 0 Å². The lowest BCUT2D eigenvalue weighted by Gasteiger charge is -1.98. The molecule has 2 heterocycles. The van der Waals surface area contributed by atoms with Gasteiger partial charge in [-0.1, -0.05) is 6.08 Å². The summed E-state index contributed by atoms with van der Waals surface area (Å²) >= 11 is 0. The third kappa shape index (κ3) is 3.73. The standard InChI is InChI=1S/C14H16N4O3/c1-3-21-13(19)11-10-18(14-15-7-5-8-16-14)17-12(11)6-4-9-20-2/h4-8,10H,3,9H2,1-2H3/b6-4+. The molecule has 0 amide bonds. The van der Waals surface area contributed by atoms with Crippen LogP contribution in [-0.4, -0.2) is 46.0 Å². The molecule has 0 saturated heterocycles. The van der Waals surface area contributed by atoms with Crippen molar-refractivity contribution in [2.45, 2.75) is 6.92 Å². The fraction of sp³-hybridized carbons (Fsp3) is 0.286. The molecular formula is C14H16N4O3. The van der Waals surface area contributed by atoms with Gasteiger partial charge in [0.15, 0.2) is 0 Å². The van der Waals surface area contributed by atoms with Crippen molar-refractivity contribution in [3.63, 3.8) is 0 Å². The molecular weight excluding hydrogens is 272 g/mol. The van der Waals surface area contributed by atoms with Gasteiger partial charge >= 0.3 is 5.97 Å². The van der Waals surface area contributed by atoms with E-state index >= 15 is 0 Å². The van der Waals surface area contributed by atoms with Gasteiger partial charge in [-0.2, -0.15) is 5.10 Å². The third-order valence-corrected chi connectivity index (χ3v) is 2.53. The summed E-state index contributed by atoms with van der Waals surface area (Å²) < 4.78 is 11.4. The number of carbonyl (C=O) groups is 1. The average Bonchev–Trinajstić information content (AvgIpc) is 2.93. The summed E-state index contributed by atoms with van der Waals surface area (Å²) in [5.41, 5.74) is 0.842. The Morgan fingerprint density at radius 1 is 1.38 bits per heavy atom. The van der Waals surface area contributed by atoms with E-state index in [2.05, 4.69) is 15.1 Å². The van der Waals surface area contributed by atoms with Crippen molar-refractivity contribution >= 4 is 12.0 Å². The predicted octanol–water partition coefficient (Wildman–Crippen LogP) is 1.50. The van der Waals surface area contributed by atoms with E-state index in [4.69, 9.17) is 9.47 Å². The summed E-state index contributed by atoms with van der Waals surface area (Å²) in [6, 6.07) is 1.71. The zero-order valence-corrected chi connectivity index (χ0v) is 11.9. The first-order valence-corrected chi connectivity index (χ1v) is 6.46. The SMILES string of the molecule is CCOC(=O)c1cn(-c2ncccn2)nc1/C=C/COC. The Kier molecular flexibility index (Phi) is 5.16. The molecule has 0 radical (unpaired) electrons. The lowest BCUT2D eigenvalue weighted by atomic mass is 10.2. The molecule has 0 saturated carbocycles. The van der Waals surface area contributed by atoms with Crippen LogP contribution >= 0.6 is 0 Å². The highest BCUT2D eigenvalue weighted by atomic mass is 16.5. The Morgan fingerprint density at radius 2 is 2.14 bits per heavy atom. The van der Waals surface area contributed by atoms with Gasteiger partial charge < -0.3 is 9.47 Å². The second kappa shape index (κ2) is 7.30. The molecule has 0 aliphatic rings. The smallest absolute Gasteiger partial charge is 0.341 e. The fourth-order valence-corrected chi connectivity index (χ4v) is 1.64. The van der Waals surface area contributed by atoms with Gasteiger partial charge in [0.25, 0.3) is 0 Å². The quantitative estimate of drug-likeness (QED) is 0.749. The van der Waals surface area contributed by atoms with Crippen LogP contribution in [0.2, 0.25) is 0 Å². The van der Waals surface area contributed by atoms with Crippen LogP contribution in [0.5, 0.6) is 0 Å². The number of hydrogen-bond acceptors (Lipinski definition) is 6. The monoisotopic (exact) mass is 288 g/mol. The number of rotatable bonds is 6. The molecule has 110 valence electrons. The van der Waals surface area contributed by atoms with Crippen LogP contribution in [0.4, 0.5) is 0 Å². The molecule has 2 rings (SSSR count). The first kappa shape index (κ1) is 14.9. The van der Waals surface area contributed by atoms with Crippen molar-refractivity contribution in [3.8, 4) is 5.95 Å². The molecule has 2 aromatic heterocycles. The summed E-state index contributed by atoms with van der Waals surface area (Å²) in [4.78, 5) is 20.1. The first-order valence-electron chi connectivity index (χ1n) is 6.46. The lowest BCUT2D eigenvalue weighted by Crippen LogP contribution is -2.05. The maximum absolute atomic E-state index is 12.0. The van der Waals surface area contributed by atoms with E-state index in [0.29, 0.717) is 30.4 Å². The van der Waals surface area contributed by atoms with Gasteiger partial charge in [-0.3, -0.25) is 0 Å². The highest BCUT2D eigenvalue weighted by Crippen LogP contribution is 2.13. The Balaban J connectivity index is 2.37. The van der Waals surface area contributed by atoms with Gasteiger partial charge in [0.1, 0.15) is 5.56 Å². The molecule has 2 aromatic rings. The van der Waals surface area contributed by atoms with Crippen molar-refractivity contribution in [3.05, 3.63) is 42.0 Å². The summed E-state index contributed by atoms with van der Waals surface area (Å²) in [6.07, 6.45) is 8.24. The average molecular weight is 288 g/mol. The van der Waals surface area contributed by atoms with E-state index in [1.54, 1.807) is 50.8 Å². The maximum Gasteiger partial charge on any atom is 0.341 e. The zero-order valence-electron chi connectivity index (χ0n) is 11.9. The van der Waals surface area contributed by atoms with Crippen LogP contribution in [0, 0.1) is 0 Å². The van der Waals surface area contributed by atoms with E-state index in [9.17, 15) is 4.79 Å². The van der Waals surface area contributed by atoms with Crippen LogP contribution in [0.3, 0.4) is 0 Å². The van der Waals surface area contributed by atoms with Crippen LogP contribution in [-0.2, 0) is 9.47 Å². The van der Waals surface area contributed by atoms with Gasteiger partial charge in [-0.05, 0) is 19.1 Å². The lowest BCUT2D eigenvalue weighted by molar-refractivity contribution is 0.0526. The Bertz CT molecular complexity index is 622. The maximum atomic E-state index is 12.0. The van der Waals surface area contributed by atoms with Crippen LogP contribution in [0.1, 0.15) is 23.0 Å². The molecule has 0 bridgehead atoms. The topological polar surface area (TPSA) is 79.1 Å². The highest BCUT2D eigenvalue weighted by Gasteiger charge is 2.17. The molecule has 0 aromatic carbocycles. The van der Waals surface area contributed by atoms with E-state index in [1.165, 1.54) is 4.68 Å². The molecule has 0 N–H and O–H groups in total. The molecule has 7 nitrogen and oxygen atoms in total. The van der Waals surface area contributed by atoms with Gasteiger partial charge in [0.05, 0.1) is 18.9 Å². The number of carbonyl (C=O) groups excluding carboxylic acids is 1. The summed E-state index contributed by atoms with van der Waals surface area (Å²) in [5.74, 6) is -0.0498. The fourth-order valence-electron chi connectivity index (χ4n) is 1.64. The number of hydrogen-bond donors (Lipinski definition) is 0. The minimum atomic E-state index is -0.434. The minimum absolute atomic E-state index is 0.299. The van der Waals surface area contributed by atoms with E-state index in [0.717, 1.165) is 0 Å². The zero-order chi connectivity index (χ0) is 15.1. The van der Waals surface area contributed by atoms with Gasteiger partial charge in [0, 0.05) is 25.7 Å². The molecule has 0 atom stereocenters. The number of aromatic nitrogens is 4. The number of esters is 1. The number of nitrogens with zero attached hydrogens (tertiary/aromatic N) is 4. The predicted molar refractivity (Wildman–Crippen MR) is 76.0 cm³/mol. The Morgan fingerprint density at radius 3 is 2.81 bits per heavy atom. The molecule has 21 heavy (non-hydrogen) atoms. The summed E-state index contributed by atoms with van der Waals surface area (Å²) in [7, 11) is 1.59. The molecule has 0 unspecified atom stereocenters. The van der Waals surface area contributed by atoms with Crippen LogP contribution in [0.15, 0.2) is 30.7 Å². The Hall–Kier alpha value is -2.54.